The molecule has 1 atom stereocenters. The fourth-order valence-electron chi connectivity index (χ4n) is 1.12. The summed E-state index contributed by atoms with van der Waals surface area (Å²) in [4.78, 5) is 10.7. The van der Waals surface area contributed by atoms with E-state index in [9.17, 15) is 4.79 Å². The number of rotatable bonds is 8. The van der Waals surface area contributed by atoms with Crippen molar-refractivity contribution in [2.75, 3.05) is 5.75 Å². The van der Waals surface area contributed by atoms with Gasteiger partial charge in [0.15, 0.2) is 0 Å². The minimum absolute atomic E-state index is 0.347. The van der Waals surface area contributed by atoms with Crippen LogP contribution in [0.3, 0.4) is 0 Å². The van der Waals surface area contributed by atoms with E-state index in [0.717, 1.165) is 12.2 Å². The Hall–Kier alpha value is -0.440. The highest BCUT2D eigenvalue weighted by Crippen LogP contribution is 2.19. The Balaban J connectivity index is 3.51. The first-order chi connectivity index (χ1) is 6.74. The predicted molar refractivity (Wildman–Crippen MR) is 62.1 cm³/mol. The lowest BCUT2D eigenvalue weighted by Crippen LogP contribution is -2.04. The molecule has 0 aliphatic heterocycles. The van der Waals surface area contributed by atoms with E-state index in [1.807, 2.05) is 0 Å². The Morgan fingerprint density at radius 1 is 1.57 bits per heavy atom. The Morgan fingerprint density at radius 2 is 2.29 bits per heavy atom. The molecular formula is C11H20O2S. The molecule has 0 bridgehead atoms. The summed E-state index contributed by atoms with van der Waals surface area (Å²) in [5, 5.41) is 0. The van der Waals surface area contributed by atoms with Crippen LogP contribution in [0.1, 0.15) is 39.5 Å². The molecular weight excluding hydrogens is 196 g/mol. The molecule has 0 amide bonds. The molecule has 0 radical (unpaired) electrons. The fourth-order valence-corrected chi connectivity index (χ4v) is 1.97. The van der Waals surface area contributed by atoms with Crippen LogP contribution in [0.4, 0.5) is 0 Å². The first kappa shape index (κ1) is 13.6. The Kier molecular flexibility index (Phi) is 8.84. The summed E-state index contributed by atoms with van der Waals surface area (Å²) in [5.41, 5.74) is 0. The molecule has 0 aromatic rings. The van der Waals surface area contributed by atoms with E-state index in [1.54, 1.807) is 0 Å². The molecule has 0 saturated heterocycles. The average molecular weight is 216 g/mol. The minimum atomic E-state index is -0.347. The summed E-state index contributed by atoms with van der Waals surface area (Å²) in [7, 11) is 0. The van der Waals surface area contributed by atoms with Gasteiger partial charge in [-0.25, -0.2) is 4.79 Å². The van der Waals surface area contributed by atoms with E-state index in [-0.39, 0.29) is 5.97 Å². The highest BCUT2D eigenvalue weighted by atomic mass is 32.2. The molecule has 0 heterocycles. The van der Waals surface area contributed by atoms with Crippen molar-refractivity contribution >= 4 is 18.0 Å². The Morgan fingerprint density at radius 3 is 2.79 bits per heavy atom. The summed E-state index contributed by atoms with van der Waals surface area (Å²) in [6.07, 6.45) is 6.06. The summed E-state index contributed by atoms with van der Waals surface area (Å²) in [6, 6.07) is 0. The molecule has 14 heavy (non-hydrogen) atoms. The first-order valence-corrected chi connectivity index (χ1v) is 6.11. The van der Waals surface area contributed by atoms with E-state index >= 15 is 0 Å². The van der Waals surface area contributed by atoms with Gasteiger partial charge in [-0.15, -0.1) is 0 Å². The number of hydrogen-bond donors (Lipinski definition) is 0. The smallest absolute Gasteiger partial charge is 0.342 e. The van der Waals surface area contributed by atoms with Crippen molar-refractivity contribution in [1.29, 1.82) is 0 Å². The standard InChI is InChI=1S/C11H20O2S/c1-4-7-8-10(5-2)9-14-13-11(12)6-3/h6,10H,3-5,7-9H2,1-2H3. The molecule has 2 nitrogen and oxygen atoms in total. The third kappa shape index (κ3) is 7.01. The van der Waals surface area contributed by atoms with Crippen molar-refractivity contribution in [2.45, 2.75) is 39.5 Å². The van der Waals surface area contributed by atoms with Crippen molar-refractivity contribution in [3.63, 3.8) is 0 Å². The van der Waals surface area contributed by atoms with Gasteiger partial charge in [0.25, 0.3) is 0 Å². The van der Waals surface area contributed by atoms with Gasteiger partial charge in [0.1, 0.15) is 0 Å². The fraction of sp³-hybridized carbons (Fsp3) is 0.727. The highest BCUT2D eigenvalue weighted by molar-refractivity contribution is 7.95. The van der Waals surface area contributed by atoms with Crippen molar-refractivity contribution in [3.8, 4) is 0 Å². The van der Waals surface area contributed by atoms with E-state index in [4.69, 9.17) is 4.18 Å². The van der Waals surface area contributed by atoms with E-state index in [0.29, 0.717) is 5.92 Å². The van der Waals surface area contributed by atoms with Crippen molar-refractivity contribution in [2.24, 2.45) is 5.92 Å². The second kappa shape index (κ2) is 9.13. The lowest BCUT2D eigenvalue weighted by atomic mass is 10.0. The van der Waals surface area contributed by atoms with Crippen molar-refractivity contribution in [3.05, 3.63) is 12.7 Å². The van der Waals surface area contributed by atoms with Crippen LogP contribution in [0.15, 0.2) is 12.7 Å². The maximum Gasteiger partial charge on any atom is 0.342 e. The molecule has 0 aliphatic rings. The lowest BCUT2D eigenvalue weighted by Gasteiger charge is -2.12. The number of hydrogen-bond acceptors (Lipinski definition) is 3. The van der Waals surface area contributed by atoms with E-state index in [2.05, 4.69) is 20.4 Å². The van der Waals surface area contributed by atoms with Crippen LogP contribution >= 0.6 is 12.0 Å². The second-order valence-corrected chi connectivity index (χ2v) is 4.04. The summed E-state index contributed by atoms with van der Waals surface area (Å²) >= 11 is 1.25. The maximum absolute atomic E-state index is 10.7. The van der Waals surface area contributed by atoms with Gasteiger partial charge in [-0.3, -0.25) is 0 Å². The normalized spacial score (nSPS) is 12.1. The molecule has 0 aliphatic carbocycles. The number of carbonyl (C=O) groups excluding carboxylic acids is 1. The summed E-state index contributed by atoms with van der Waals surface area (Å²) < 4.78 is 4.86. The topological polar surface area (TPSA) is 26.3 Å². The average Bonchev–Trinajstić information content (AvgIpc) is 2.22. The van der Waals surface area contributed by atoms with Crippen LogP contribution in [0.2, 0.25) is 0 Å². The van der Waals surface area contributed by atoms with Crippen LogP contribution in [-0.2, 0) is 8.98 Å². The molecule has 0 fully saturated rings. The third-order valence-electron chi connectivity index (χ3n) is 2.15. The zero-order valence-corrected chi connectivity index (χ0v) is 9.94. The van der Waals surface area contributed by atoms with E-state index < -0.39 is 0 Å². The summed E-state index contributed by atoms with van der Waals surface area (Å²) in [5.74, 6) is 1.22. The van der Waals surface area contributed by atoms with Gasteiger partial charge in [-0.1, -0.05) is 39.7 Å². The van der Waals surface area contributed by atoms with Gasteiger partial charge in [0, 0.05) is 11.8 Å². The van der Waals surface area contributed by atoms with Crippen LogP contribution in [0, 0.1) is 5.92 Å². The number of carbonyl (C=O) groups is 1. The first-order valence-electron chi connectivity index (χ1n) is 5.20. The Bertz CT molecular complexity index is 169. The van der Waals surface area contributed by atoms with Crippen LogP contribution in [0.25, 0.3) is 0 Å². The van der Waals surface area contributed by atoms with Crippen molar-refractivity contribution in [1.82, 2.24) is 0 Å². The zero-order chi connectivity index (χ0) is 10.8. The highest BCUT2D eigenvalue weighted by Gasteiger charge is 2.07. The molecule has 0 rings (SSSR count). The molecule has 0 aromatic heterocycles. The molecule has 3 heteroatoms. The zero-order valence-electron chi connectivity index (χ0n) is 9.12. The quantitative estimate of drug-likeness (QED) is 0.458. The van der Waals surface area contributed by atoms with Gasteiger partial charge < -0.3 is 4.18 Å². The minimum Gasteiger partial charge on any atom is -0.388 e. The maximum atomic E-state index is 10.7. The Labute approximate surface area is 91.3 Å². The molecule has 0 spiro atoms. The van der Waals surface area contributed by atoms with Crippen LogP contribution in [-0.4, -0.2) is 11.7 Å². The largest absolute Gasteiger partial charge is 0.388 e. The SMILES string of the molecule is C=CC(=O)OSCC(CC)CCCC. The van der Waals surface area contributed by atoms with Gasteiger partial charge in [0.05, 0.1) is 12.0 Å². The van der Waals surface area contributed by atoms with Crippen molar-refractivity contribution < 1.29 is 8.98 Å². The lowest BCUT2D eigenvalue weighted by molar-refractivity contribution is -0.127. The second-order valence-electron chi connectivity index (χ2n) is 3.31. The molecule has 0 N–H and O–H groups in total. The van der Waals surface area contributed by atoms with Crippen LogP contribution < -0.4 is 0 Å². The van der Waals surface area contributed by atoms with Gasteiger partial charge >= 0.3 is 5.97 Å². The van der Waals surface area contributed by atoms with Crippen LogP contribution in [0.5, 0.6) is 0 Å². The monoisotopic (exact) mass is 216 g/mol. The molecule has 82 valence electrons. The van der Waals surface area contributed by atoms with Gasteiger partial charge in [0.2, 0.25) is 0 Å². The number of unbranched alkanes of at least 4 members (excludes halogenated alkanes) is 1. The third-order valence-corrected chi connectivity index (χ3v) is 3.04. The molecule has 0 saturated carbocycles. The predicted octanol–water partition coefficient (Wildman–Crippen LogP) is 3.58. The van der Waals surface area contributed by atoms with E-state index in [1.165, 1.54) is 37.4 Å². The molecule has 0 aromatic carbocycles. The van der Waals surface area contributed by atoms with Gasteiger partial charge in [-0.05, 0) is 12.3 Å². The van der Waals surface area contributed by atoms with Gasteiger partial charge in [-0.2, -0.15) is 0 Å². The molecule has 1 unspecified atom stereocenters. The summed E-state index contributed by atoms with van der Waals surface area (Å²) in [6.45, 7) is 7.71.